The Balaban J connectivity index is 1.75. The van der Waals surface area contributed by atoms with Crippen LogP contribution in [0, 0.1) is 6.92 Å². The van der Waals surface area contributed by atoms with Gasteiger partial charge in [0.2, 0.25) is 0 Å². The van der Waals surface area contributed by atoms with E-state index >= 15 is 0 Å². The summed E-state index contributed by atoms with van der Waals surface area (Å²) in [5, 5.41) is 3.31. The van der Waals surface area contributed by atoms with Gasteiger partial charge in [-0.05, 0) is 44.5 Å². The highest BCUT2D eigenvalue weighted by atomic mass is 16.5. The van der Waals surface area contributed by atoms with Gasteiger partial charge >= 0.3 is 0 Å². The van der Waals surface area contributed by atoms with E-state index in [1.54, 1.807) is 11.0 Å². The number of morpholine rings is 1. The summed E-state index contributed by atoms with van der Waals surface area (Å²) in [6, 6.07) is 8.02. The van der Waals surface area contributed by atoms with Crippen LogP contribution >= 0.6 is 0 Å². The van der Waals surface area contributed by atoms with Gasteiger partial charge in [-0.15, -0.1) is 0 Å². The SMILES string of the molecule is CCN(CC)c1ccc(Nc2cc(C(=O)N3CCOCC3)ncn2)c(C)c1. The van der Waals surface area contributed by atoms with Crippen molar-refractivity contribution in [1.29, 1.82) is 0 Å². The Morgan fingerprint density at radius 2 is 1.93 bits per heavy atom. The molecule has 1 saturated heterocycles. The number of carbonyl (C=O) groups excluding carboxylic acids is 1. The first-order valence-electron chi connectivity index (χ1n) is 9.44. The lowest BCUT2D eigenvalue weighted by Gasteiger charge is -2.26. The van der Waals surface area contributed by atoms with E-state index in [-0.39, 0.29) is 5.91 Å². The molecule has 0 bridgehead atoms. The lowest BCUT2D eigenvalue weighted by atomic mass is 10.1. The summed E-state index contributed by atoms with van der Waals surface area (Å²) in [5.41, 5.74) is 3.69. The summed E-state index contributed by atoms with van der Waals surface area (Å²) < 4.78 is 5.30. The minimum absolute atomic E-state index is 0.0858. The molecule has 1 N–H and O–H groups in total. The number of hydrogen-bond donors (Lipinski definition) is 1. The standard InChI is InChI=1S/C20H27N5O2/c1-4-24(5-2)16-6-7-17(15(3)12-16)23-19-13-18(21-14-22-19)20(26)25-8-10-27-11-9-25/h6-7,12-14H,4-5,8-11H2,1-3H3,(H,21,22,23). The Bertz CT molecular complexity index is 786. The maximum Gasteiger partial charge on any atom is 0.272 e. The molecule has 7 heteroatoms. The van der Waals surface area contributed by atoms with E-state index in [1.165, 1.54) is 12.0 Å². The Morgan fingerprint density at radius 1 is 1.19 bits per heavy atom. The molecular formula is C20H27N5O2. The predicted molar refractivity (Wildman–Crippen MR) is 107 cm³/mol. The number of nitrogens with zero attached hydrogens (tertiary/aromatic N) is 4. The van der Waals surface area contributed by atoms with Gasteiger partial charge in [-0.1, -0.05) is 0 Å². The van der Waals surface area contributed by atoms with Gasteiger partial charge in [-0.2, -0.15) is 0 Å². The van der Waals surface area contributed by atoms with Crippen LogP contribution in [0.25, 0.3) is 0 Å². The molecule has 144 valence electrons. The molecule has 27 heavy (non-hydrogen) atoms. The number of benzene rings is 1. The van der Waals surface area contributed by atoms with Gasteiger partial charge in [0, 0.05) is 43.6 Å². The van der Waals surface area contributed by atoms with Crippen molar-refractivity contribution in [2.75, 3.05) is 49.6 Å². The maximum atomic E-state index is 12.6. The summed E-state index contributed by atoms with van der Waals surface area (Å²) in [6.45, 7) is 10.6. The molecule has 1 aromatic carbocycles. The van der Waals surface area contributed by atoms with E-state index in [4.69, 9.17) is 4.74 Å². The van der Waals surface area contributed by atoms with Gasteiger partial charge in [-0.25, -0.2) is 9.97 Å². The Labute approximate surface area is 160 Å². The monoisotopic (exact) mass is 369 g/mol. The van der Waals surface area contributed by atoms with Crippen LogP contribution < -0.4 is 10.2 Å². The van der Waals surface area contributed by atoms with Crippen LogP contribution in [-0.2, 0) is 4.74 Å². The zero-order chi connectivity index (χ0) is 19.2. The summed E-state index contributed by atoms with van der Waals surface area (Å²) in [5.74, 6) is 0.526. The van der Waals surface area contributed by atoms with Crippen molar-refractivity contribution in [1.82, 2.24) is 14.9 Å². The topological polar surface area (TPSA) is 70.6 Å². The molecule has 1 aliphatic rings. The number of aryl methyl sites for hydroxylation is 1. The molecule has 1 amide bonds. The quantitative estimate of drug-likeness (QED) is 0.844. The predicted octanol–water partition coefficient (Wildman–Crippen LogP) is 2.85. The highest BCUT2D eigenvalue weighted by Gasteiger charge is 2.20. The van der Waals surface area contributed by atoms with Gasteiger partial charge in [0.1, 0.15) is 17.8 Å². The smallest absolute Gasteiger partial charge is 0.272 e. The fourth-order valence-electron chi connectivity index (χ4n) is 3.18. The van der Waals surface area contributed by atoms with Crippen LogP contribution in [0.3, 0.4) is 0 Å². The second-order valence-electron chi connectivity index (χ2n) is 6.49. The lowest BCUT2D eigenvalue weighted by molar-refractivity contribution is 0.0299. The fourth-order valence-corrected chi connectivity index (χ4v) is 3.18. The number of amides is 1. The van der Waals surface area contributed by atoms with Crippen LogP contribution in [0.2, 0.25) is 0 Å². The van der Waals surface area contributed by atoms with Crippen LogP contribution in [0.5, 0.6) is 0 Å². The zero-order valence-electron chi connectivity index (χ0n) is 16.2. The second kappa shape index (κ2) is 8.81. The molecule has 1 aromatic heterocycles. The van der Waals surface area contributed by atoms with E-state index in [0.717, 1.165) is 24.3 Å². The molecule has 0 radical (unpaired) electrons. The van der Waals surface area contributed by atoms with Crippen molar-refractivity contribution in [3.8, 4) is 0 Å². The minimum Gasteiger partial charge on any atom is -0.378 e. The molecule has 1 aliphatic heterocycles. The molecule has 1 fully saturated rings. The zero-order valence-corrected chi connectivity index (χ0v) is 16.2. The third kappa shape index (κ3) is 4.54. The third-order valence-corrected chi connectivity index (χ3v) is 4.79. The van der Waals surface area contributed by atoms with Crippen molar-refractivity contribution in [3.63, 3.8) is 0 Å². The second-order valence-corrected chi connectivity index (χ2v) is 6.49. The van der Waals surface area contributed by atoms with E-state index < -0.39 is 0 Å². The van der Waals surface area contributed by atoms with Crippen LogP contribution in [0.4, 0.5) is 17.2 Å². The molecule has 0 unspecified atom stereocenters. The molecule has 0 aliphatic carbocycles. The minimum atomic E-state index is -0.0858. The molecule has 2 aromatic rings. The number of nitrogens with one attached hydrogen (secondary N) is 1. The Hall–Kier alpha value is -2.67. The van der Waals surface area contributed by atoms with Gasteiger partial charge in [-0.3, -0.25) is 4.79 Å². The maximum absolute atomic E-state index is 12.6. The van der Waals surface area contributed by atoms with Crippen molar-refractivity contribution in [2.24, 2.45) is 0 Å². The summed E-state index contributed by atoms with van der Waals surface area (Å²) >= 11 is 0. The van der Waals surface area contributed by atoms with Crippen LogP contribution in [0.1, 0.15) is 29.9 Å². The molecular weight excluding hydrogens is 342 g/mol. The third-order valence-electron chi connectivity index (χ3n) is 4.79. The molecule has 0 spiro atoms. The van der Waals surface area contributed by atoms with Crippen molar-refractivity contribution < 1.29 is 9.53 Å². The molecule has 0 atom stereocenters. The number of anilines is 3. The number of hydrogen-bond acceptors (Lipinski definition) is 6. The van der Waals surface area contributed by atoms with E-state index in [0.29, 0.717) is 37.8 Å². The fraction of sp³-hybridized carbons (Fsp3) is 0.450. The average Bonchev–Trinajstić information content (AvgIpc) is 2.71. The number of carbonyl (C=O) groups is 1. The number of rotatable bonds is 6. The first kappa shape index (κ1) is 19.1. The molecule has 2 heterocycles. The molecule has 3 rings (SSSR count). The molecule has 0 saturated carbocycles. The molecule has 7 nitrogen and oxygen atoms in total. The average molecular weight is 369 g/mol. The van der Waals surface area contributed by atoms with Gasteiger partial charge in [0.25, 0.3) is 5.91 Å². The largest absolute Gasteiger partial charge is 0.378 e. The first-order valence-corrected chi connectivity index (χ1v) is 9.44. The summed E-state index contributed by atoms with van der Waals surface area (Å²) in [7, 11) is 0. The normalized spacial score (nSPS) is 14.1. The van der Waals surface area contributed by atoms with Gasteiger partial charge in [0.15, 0.2) is 0 Å². The summed E-state index contributed by atoms with van der Waals surface area (Å²) in [6.07, 6.45) is 1.43. The van der Waals surface area contributed by atoms with Crippen molar-refractivity contribution in [2.45, 2.75) is 20.8 Å². The first-order chi connectivity index (χ1) is 13.1. The highest BCUT2D eigenvalue weighted by molar-refractivity contribution is 5.93. The van der Waals surface area contributed by atoms with E-state index in [9.17, 15) is 4.79 Å². The number of ether oxygens (including phenoxy) is 1. The van der Waals surface area contributed by atoms with E-state index in [2.05, 4.69) is 59.2 Å². The Morgan fingerprint density at radius 3 is 2.59 bits per heavy atom. The summed E-state index contributed by atoms with van der Waals surface area (Å²) in [4.78, 5) is 25.1. The van der Waals surface area contributed by atoms with E-state index in [1.807, 2.05) is 0 Å². The van der Waals surface area contributed by atoms with Crippen LogP contribution in [-0.4, -0.2) is 60.2 Å². The van der Waals surface area contributed by atoms with Crippen molar-refractivity contribution >= 4 is 23.1 Å². The van der Waals surface area contributed by atoms with Gasteiger partial charge < -0.3 is 19.9 Å². The van der Waals surface area contributed by atoms with Crippen LogP contribution in [0.15, 0.2) is 30.6 Å². The number of aromatic nitrogens is 2. The highest BCUT2D eigenvalue weighted by Crippen LogP contribution is 2.25. The Kier molecular flexibility index (Phi) is 6.24. The van der Waals surface area contributed by atoms with Gasteiger partial charge in [0.05, 0.1) is 13.2 Å². The van der Waals surface area contributed by atoms with Crippen molar-refractivity contribution in [3.05, 3.63) is 41.9 Å². The lowest BCUT2D eigenvalue weighted by Crippen LogP contribution is -2.41.